The Bertz CT molecular complexity index is 443. The highest BCUT2D eigenvalue weighted by Gasteiger charge is 2.42. The van der Waals surface area contributed by atoms with Crippen LogP contribution in [0, 0.1) is 11.8 Å². The summed E-state index contributed by atoms with van der Waals surface area (Å²) in [7, 11) is 0. The standard InChI is InChI=1S/C18H30N2O4/c1-13-5-9-17(10-6-13,23-15(3)21)19-20-18(24-16(4)22)11-7-14(2)8-12-18/h13-14H,5-12H2,1-4H3. The van der Waals surface area contributed by atoms with Gasteiger partial charge < -0.3 is 9.47 Å². The van der Waals surface area contributed by atoms with Crippen molar-refractivity contribution in [2.24, 2.45) is 22.1 Å². The average molecular weight is 338 g/mol. The predicted molar refractivity (Wildman–Crippen MR) is 89.1 cm³/mol. The maximum Gasteiger partial charge on any atom is 0.304 e. The van der Waals surface area contributed by atoms with E-state index in [-0.39, 0.29) is 11.9 Å². The second-order valence-electron chi connectivity index (χ2n) is 7.64. The van der Waals surface area contributed by atoms with Crippen LogP contribution in [0.1, 0.15) is 79.1 Å². The monoisotopic (exact) mass is 338 g/mol. The van der Waals surface area contributed by atoms with Gasteiger partial charge in [0, 0.05) is 39.5 Å². The van der Waals surface area contributed by atoms with Gasteiger partial charge in [0.05, 0.1) is 0 Å². The molecule has 0 radical (unpaired) electrons. The average Bonchev–Trinajstić information content (AvgIpc) is 2.50. The summed E-state index contributed by atoms with van der Waals surface area (Å²) in [6.45, 7) is 7.19. The van der Waals surface area contributed by atoms with Gasteiger partial charge in [-0.2, -0.15) is 0 Å². The molecular formula is C18H30N2O4. The molecule has 2 aliphatic rings. The zero-order valence-electron chi connectivity index (χ0n) is 15.3. The molecule has 6 nitrogen and oxygen atoms in total. The molecule has 0 spiro atoms. The molecule has 2 aliphatic carbocycles. The molecule has 0 N–H and O–H groups in total. The molecule has 0 aromatic carbocycles. The minimum atomic E-state index is -0.894. The molecule has 0 saturated heterocycles. The maximum atomic E-state index is 11.5. The van der Waals surface area contributed by atoms with Crippen molar-refractivity contribution < 1.29 is 19.1 Å². The largest absolute Gasteiger partial charge is 0.436 e. The van der Waals surface area contributed by atoms with E-state index in [1.165, 1.54) is 13.8 Å². The molecule has 0 atom stereocenters. The van der Waals surface area contributed by atoms with Crippen LogP contribution in [-0.4, -0.2) is 23.4 Å². The van der Waals surface area contributed by atoms with Crippen LogP contribution in [-0.2, 0) is 19.1 Å². The second-order valence-corrected chi connectivity index (χ2v) is 7.64. The van der Waals surface area contributed by atoms with Crippen LogP contribution in [0.3, 0.4) is 0 Å². The third-order valence-electron chi connectivity index (χ3n) is 5.19. The van der Waals surface area contributed by atoms with E-state index in [0.717, 1.165) is 25.7 Å². The Morgan fingerprint density at radius 2 is 1.04 bits per heavy atom. The fourth-order valence-electron chi connectivity index (χ4n) is 3.59. The summed E-state index contributed by atoms with van der Waals surface area (Å²) in [5.41, 5.74) is -1.79. The van der Waals surface area contributed by atoms with Crippen LogP contribution in [0.15, 0.2) is 10.2 Å². The van der Waals surface area contributed by atoms with Crippen molar-refractivity contribution in [3.05, 3.63) is 0 Å². The predicted octanol–water partition coefficient (Wildman–Crippen LogP) is 4.38. The summed E-state index contributed by atoms with van der Waals surface area (Å²) < 4.78 is 11.1. The number of rotatable bonds is 4. The summed E-state index contributed by atoms with van der Waals surface area (Å²) in [5, 5.41) is 8.94. The van der Waals surface area contributed by atoms with E-state index in [1.54, 1.807) is 0 Å². The second kappa shape index (κ2) is 7.62. The Kier molecular flexibility index (Phi) is 5.99. The Hall–Kier alpha value is -1.46. The number of ether oxygens (including phenoxy) is 2. The van der Waals surface area contributed by atoms with Gasteiger partial charge in [-0.1, -0.05) is 13.8 Å². The van der Waals surface area contributed by atoms with E-state index < -0.39 is 11.4 Å². The summed E-state index contributed by atoms with van der Waals surface area (Å²) in [6.07, 6.45) is 6.48. The van der Waals surface area contributed by atoms with E-state index in [4.69, 9.17) is 9.47 Å². The molecule has 2 saturated carbocycles. The van der Waals surface area contributed by atoms with Gasteiger partial charge in [0.25, 0.3) is 0 Å². The lowest BCUT2D eigenvalue weighted by atomic mass is 9.84. The molecule has 0 unspecified atom stereocenters. The summed E-state index contributed by atoms with van der Waals surface area (Å²) in [5.74, 6) is 0.508. The molecule has 0 amide bonds. The third-order valence-corrected chi connectivity index (χ3v) is 5.19. The van der Waals surface area contributed by atoms with E-state index in [9.17, 15) is 9.59 Å². The fraction of sp³-hybridized carbons (Fsp3) is 0.889. The molecule has 6 heteroatoms. The van der Waals surface area contributed by atoms with E-state index in [0.29, 0.717) is 37.5 Å². The van der Waals surface area contributed by atoms with Crippen LogP contribution >= 0.6 is 0 Å². The Labute approximate surface area is 144 Å². The Morgan fingerprint density at radius 1 is 0.750 bits per heavy atom. The highest BCUT2D eigenvalue weighted by atomic mass is 16.6. The van der Waals surface area contributed by atoms with Crippen molar-refractivity contribution >= 4 is 11.9 Å². The van der Waals surface area contributed by atoms with Gasteiger partial charge in [-0.3, -0.25) is 9.59 Å². The molecule has 136 valence electrons. The fourth-order valence-corrected chi connectivity index (χ4v) is 3.59. The van der Waals surface area contributed by atoms with Crippen LogP contribution in [0.5, 0.6) is 0 Å². The molecular weight excluding hydrogens is 308 g/mol. The Balaban J connectivity index is 2.20. The van der Waals surface area contributed by atoms with Crippen LogP contribution < -0.4 is 0 Å². The molecule has 2 rings (SSSR count). The zero-order valence-corrected chi connectivity index (χ0v) is 15.3. The van der Waals surface area contributed by atoms with Crippen molar-refractivity contribution in [2.45, 2.75) is 90.5 Å². The van der Waals surface area contributed by atoms with Gasteiger partial charge in [0.15, 0.2) is 0 Å². The lowest BCUT2D eigenvalue weighted by molar-refractivity contribution is -0.168. The number of nitrogens with zero attached hydrogens (tertiary/aromatic N) is 2. The van der Waals surface area contributed by atoms with Crippen LogP contribution in [0.4, 0.5) is 0 Å². The van der Waals surface area contributed by atoms with Gasteiger partial charge in [-0.25, -0.2) is 0 Å². The van der Waals surface area contributed by atoms with Crippen LogP contribution in [0.25, 0.3) is 0 Å². The molecule has 2 fully saturated rings. The number of carbonyl (C=O) groups excluding carboxylic acids is 2. The zero-order chi connectivity index (χ0) is 17.8. The molecule has 0 aliphatic heterocycles. The van der Waals surface area contributed by atoms with Crippen molar-refractivity contribution in [1.82, 2.24) is 0 Å². The first-order valence-corrected chi connectivity index (χ1v) is 9.07. The van der Waals surface area contributed by atoms with E-state index in [2.05, 4.69) is 24.1 Å². The molecule has 24 heavy (non-hydrogen) atoms. The SMILES string of the molecule is CC(=O)OC1(N=NC2(OC(C)=O)CCC(C)CC2)CCC(C)CC1. The van der Waals surface area contributed by atoms with Crippen molar-refractivity contribution in [1.29, 1.82) is 0 Å². The number of carbonyl (C=O) groups is 2. The van der Waals surface area contributed by atoms with Crippen molar-refractivity contribution in [3.63, 3.8) is 0 Å². The van der Waals surface area contributed by atoms with Gasteiger partial charge in [-0.15, -0.1) is 10.2 Å². The lowest BCUT2D eigenvalue weighted by Gasteiger charge is -2.37. The molecule has 0 aromatic heterocycles. The quantitative estimate of drug-likeness (QED) is 0.563. The summed E-state index contributed by atoms with van der Waals surface area (Å²) >= 11 is 0. The topological polar surface area (TPSA) is 77.3 Å². The van der Waals surface area contributed by atoms with E-state index in [1.807, 2.05) is 0 Å². The molecule has 0 aromatic rings. The highest BCUT2D eigenvalue weighted by molar-refractivity contribution is 5.67. The van der Waals surface area contributed by atoms with Gasteiger partial charge >= 0.3 is 11.9 Å². The van der Waals surface area contributed by atoms with Gasteiger partial charge in [0.2, 0.25) is 11.4 Å². The number of azo groups is 1. The summed E-state index contributed by atoms with van der Waals surface area (Å²) in [4.78, 5) is 23.1. The van der Waals surface area contributed by atoms with E-state index >= 15 is 0 Å². The van der Waals surface area contributed by atoms with Gasteiger partial charge in [-0.05, 0) is 37.5 Å². The first kappa shape index (κ1) is 18.9. The number of hydrogen-bond acceptors (Lipinski definition) is 6. The highest BCUT2D eigenvalue weighted by Crippen LogP contribution is 2.40. The third kappa shape index (κ3) is 5.02. The maximum absolute atomic E-state index is 11.5. The smallest absolute Gasteiger partial charge is 0.304 e. The minimum absolute atomic E-state index is 0.345. The number of esters is 2. The number of hydrogen-bond donors (Lipinski definition) is 0. The van der Waals surface area contributed by atoms with Crippen LogP contribution in [0.2, 0.25) is 0 Å². The van der Waals surface area contributed by atoms with Gasteiger partial charge in [0.1, 0.15) is 0 Å². The van der Waals surface area contributed by atoms with Crippen molar-refractivity contribution in [3.8, 4) is 0 Å². The summed E-state index contributed by atoms with van der Waals surface area (Å²) in [6, 6.07) is 0. The first-order chi connectivity index (χ1) is 11.2. The molecule has 0 heterocycles. The minimum Gasteiger partial charge on any atom is -0.436 e. The van der Waals surface area contributed by atoms with Crippen molar-refractivity contribution in [2.75, 3.05) is 0 Å². The first-order valence-electron chi connectivity index (χ1n) is 9.07. The lowest BCUT2D eigenvalue weighted by Crippen LogP contribution is -2.40. The Morgan fingerprint density at radius 3 is 1.29 bits per heavy atom. The normalized spacial score (nSPS) is 37.2. The molecule has 0 bridgehead atoms.